The SMILES string of the molecule is Cl.N=C(N)N1CCCC(CNC(=O)[C@@H](Cc2ccc(NS(=O)(=O)c3ccc(C(=O)O)cc3)cc2)NS(=O)(=O)c2ccc3ccccc3c2)C1. The smallest absolute Gasteiger partial charge is 0.335 e. The predicted molar refractivity (Wildman–Crippen MR) is 189 cm³/mol. The number of piperidine rings is 1. The number of anilines is 1. The van der Waals surface area contributed by atoms with Gasteiger partial charge >= 0.3 is 5.97 Å². The molecule has 13 nitrogen and oxygen atoms in total. The van der Waals surface area contributed by atoms with Gasteiger partial charge in [-0.3, -0.25) is 14.9 Å². The number of halogens is 1. The topological polar surface area (TPSA) is 212 Å². The number of carbonyl (C=O) groups excluding carboxylic acids is 1. The van der Waals surface area contributed by atoms with E-state index in [0.717, 1.165) is 23.6 Å². The summed E-state index contributed by atoms with van der Waals surface area (Å²) < 4.78 is 57.8. The highest BCUT2D eigenvalue weighted by Crippen LogP contribution is 2.22. The third-order valence-corrected chi connectivity index (χ3v) is 11.0. The van der Waals surface area contributed by atoms with E-state index in [1.54, 1.807) is 41.3 Å². The number of likely N-dealkylation sites (tertiary alicyclic amines) is 1. The van der Waals surface area contributed by atoms with Crippen molar-refractivity contribution in [2.45, 2.75) is 35.1 Å². The summed E-state index contributed by atoms with van der Waals surface area (Å²) in [6, 6.07) is 21.8. The van der Waals surface area contributed by atoms with Crippen LogP contribution in [-0.4, -0.2) is 70.4 Å². The molecule has 0 radical (unpaired) electrons. The average Bonchev–Trinajstić information content (AvgIpc) is 3.07. The minimum atomic E-state index is -4.14. The molecule has 4 aromatic rings. The molecule has 1 aliphatic rings. The molecule has 1 fully saturated rings. The van der Waals surface area contributed by atoms with Crippen molar-refractivity contribution < 1.29 is 31.5 Å². The first-order chi connectivity index (χ1) is 22.8. The Bertz CT molecular complexity index is 2040. The summed E-state index contributed by atoms with van der Waals surface area (Å²) in [4.78, 5) is 26.3. The van der Waals surface area contributed by atoms with Crippen LogP contribution >= 0.6 is 12.4 Å². The van der Waals surface area contributed by atoms with Gasteiger partial charge in [0.05, 0.1) is 15.4 Å². The minimum absolute atomic E-state index is 0. The van der Waals surface area contributed by atoms with Gasteiger partial charge in [0.25, 0.3) is 10.0 Å². The van der Waals surface area contributed by atoms with E-state index < -0.39 is 38.0 Å². The molecule has 1 unspecified atom stereocenters. The molecular formula is C33H37ClN6O7S2. The van der Waals surface area contributed by atoms with Gasteiger partial charge in [0.2, 0.25) is 15.9 Å². The lowest BCUT2D eigenvalue weighted by Crippen LogP contribution is -2.51. The minimum Gasteiger partial charge on any atom is -0.478 e. The second-order valence-corrected chi connectivity index (χ2v) is 15.0. The maximum atomic E-state index is 13.6. The average molecular weight is 729 g/mol. The van der Waals surface area contributed by atoms with Gasteiger partial charge in [0, 0.05) is 25.3 Å². The summed E-state index contributed by atoms with van der Waals surface area (Å²) in [5.74, 6) is -1.72. The molecule has 1 saturated heterocycles. The normalized spacial score (nSPS) is 15.5. The van der Waals surface area contributed by atoms with E-state index in [4.69, 9.17) is 16.2 Å². The number of carbonyl (C=O) groups is 2. The van der Waals surface area contributed by atoms with E-state index in [1.807, 2.05) is 12.1 Å². The van der Waals surface area contributed by atoms with E-state index in [-0.39, 0.29) is 58.3 Å². The Morgan fingerprint density at radius 2 is 1.55 bits per heavy atom. The van der Waals surface area contributed by atoms with Crippen LogP contribution in [0.1, 0.15) is 28.8 Å². The van der Waals surface area contributed by atoms with Crippen molar-refractivity contribution in [1.82, 2.24) is 14.9 Å². The Labute approximate surface area is 290 Å². The maximum Gasteiger partial charge on any atom is 0.335 e. The Morgan fingerprint density at radius 1 is 0.898 bits per heavy atom. The highest BCUT2D eigenvalue weighted by molar-refractivity contribution is 7.92. The molecule has 16 heteroatoms. The van der Waals surface area contributed by atoms with Crippen molar-refractivity contribution in [3.8, 4) is 0 Å². The summed E-state index contributed by atoms with van der Waals surface area (Å²) in [6.07, 6.45) is 1.59. The molecule has 1 amide bonds. The number of hydrogen-bond acceptors (Lipinski definition) is 7. The van der Waals surface area contributed by atoms with E-state index in [2.05, 4.69) is 14.8 Å². The van der Waals surface area contributed by atoms with Crippen LogP contribution in [0.2, 0.25) is 0 Å². The lowest BCUT2D eigenvalue weighted by atomic mass is 9.98. The predicted octanol–water partition coefficient (Wildman–Crippen LogP) is 3.37. The fraction of sp³-hybridized carbons (Fsp3) is 0.242. The molecule has 260 valence electrons. The van der Waals surface area contributed by atoms with Gasteiger partial charge in [-0.1, -0.05) is 42.5 Å². The first-order valence-corrected chi connectivity index (χ1v) is 18.1. The van der Waals surface area contributed by atoms with Gasteiger partial charge < -0.3 is 21.1 Å². The van der Waals surface area contributed by atoms with Crippen LogP contribution in [0.25, 0.3) is 10.8 Å². The number of hydrogen-bond donors (Lipinski definition) is 6. The van der Waals surface area contributed by atoms with E-state index >= 15 is 0 Å². The molecule has 2 atom stereocenters. The molecule has 7 N–H and O–H groups in total. The molecule has 0 bridgehead atoms. The molecule has 5 rings (SSSR count). The van der Waals surface area contributed by atoms with E-state index in [1.165, 1.54) is 42.5 Å². The molecule has 4 aromatic carbocycles. The summed E-state index contributed by atoms with van der Waals surface area (Å²) in [5.41, 5.74) is 6.38. The van der Waals surface area contributed by atoms with Gasteiger partial charge in [0.1, 0.15) is 6.04 Å². The summed E-state index contributed by atoms with van der Waals surface area (Å²) in [6.45, 7) is 1.44. The molecule has 49 heavy (non-hydrogen) atoms. The van der Waals surface area contributed by atoms with Crippen LogP contribution in [0.3, 0.4) is 0 Å². The summed E-state index contributed by atoms with van der Waals surface area (Å²) in [7, 11) is -8.17. The zero-order valence-electron chi connectivity index (χ0n) is 26.2. The van der Waals surface area contributed by atoms with Crippen molar-refractivity contribution in [3.05, 3.63) is 102 Å². The molecule has 1 heterocycles. The highest BCUT2D eigenvalue weighted by Gasteiger charge is 2.28. The van der Waals surface area contributed by atoms with Crippen molar-refractivity contribution in [2.75, 3.05) is 24.4 Å². The van der Waals surface area contributed by atoms with Crippen molar-refractivity contribution in [1.29, 1.82) is 5.41 Å². The van der Waals surface area contributed by atoms with Crippen molar-refractivity contribution in [3.63, 3.8) is 0 Å². The van der Waals surface area contributed by atoms with Crippen LogP contribution in [0.4, 0.5) is 5.69 Å². The van der Waals surface area contributed by atoms with Crippen molar-refractivity contribution in [2.24, 2.45) is 11.7 Å². The first-order valence-electron chi connectivity index (χ1n) is 15.1. The molecule has 0 spiro atoms. The number of fused-ring (bicyclic) bond motifs is 1. The van der Waals surface area contributed by atoms with Crippen molar-refractivity contribution >= 4 is 66.7 Å². The number of rotatable bonds is 12. The number of carboxylic acid groups (broad SMARTS) is 1. The lowest BCUT2D eigenvalue weighted by molar-refractivity contribution is -0.123. The number of guanidine groups is 1. The van der Waals surface area contributed by atoms with Crippen LogP contribution in [0.5, 0.6) is 0 Å². The summed E-state index contributed by atoms with van der Waals surface area (Å²) >= 11 is 0. The maximum absolute atomic E-state index is 13.6. The number of amides is 1. The fourth-order valence-electron chi connectivity index (χ4n) is 5.53. The van der Waals surface area contributed by atoms with Gasteiger partial charge in [-0.05, 0) is 90.0 Å². The second-order valence-electron chi connectivity index (χ2n) is 11.6. The third kappa shape index (κ3) is 9.47. The lowest BCUT2D eigenvalue weighted by Gasteiger charge is -2.33. The Balaban J connectivity index is 0.00000541. The standard InChI is InChI=1S/C33H36N6O7S2.ClH/c34-33(35)39-17-3-4-23(21-39)20-36-31(40)30(38-48(45,46)29-16-9-24-5-1-2-6-26(24)19-29)18-22-7-12-27(13-8-22)37-47(43,44)28-14-10-25(11-15-28)32(41)42;/h1-2,5-16,19,23,30,37-38H,3-4,17-18,20-21H2,(H3,34,35)(H,36,40)(H,41,42);1H/t23?,30-;/m1./s1. The Hall–Kier alpha value is -4.70. The summed E-state index contributed by atoms with van der Waals surface area (Å²) in [5, 5.41) is 21.3. The van der Waals surface area contributed by atoms with Gasteiger partial charge in [0.15, 0.2) is 5.96 Å². The Morgan fingerprint density at radius 3 is 2.20 bits per heavy atom. The number of nitrogens with zero attached hydrogens (tertiary/aromatic N) is 1. The molecule has 0 aliphatic carbocycles. The van der Waals surface area contributed by atoms with Crippen LogP contribution < -0.4 is 20.5 Å². The van der Waals surface area contributed by atoms with Crippen LogP contribution in [0.15, 0.2) is 101 Å². The number of carboxylic acids is 1. The van der Waals surface area contributed by atoms with Gasteiger partial charge in [-0.2, -0.15) is 4.72 Å². The Kier molecular flexibility index (Phi) is 11.9. The number of benzene rings is 4. The second kappa shape index (κ2) is 15.7. The number of nitrogens with one attached hydrogen (secondary N) is 4. The fourth-order valence-corrected chi connectivity index (χ4v) is 7.82. The first kappa shape index (κ1) is 37.1. The third-order valence-electron chi connectivity index (χ3n) is 8.13. The molecule has 0 aromatic heterocycles. The number of aromatic carboxylic acids is 1. The zero-order chi connectivity index (χ0) is 34.5. The van der Waals surface area contributed by atoms with Crippen LogP contribution in [-0.2, 0) is 31.3 Å². The highest BCUT2D eigenvalue weighted by atomic mass is 35.5. The molecule has 0 saturated carbocycles. The van der Waals surface area contributed by atoms with E-state index in [0.29, 0.717) is 18.7 Å². The molecule has 1 aliphatic heterocycles. The monoisotopic (exact) mass is 728 g/mol. The van der Waals surface area contributed by atoms with Crippen LogP contribution in [0, 0.1) is 11.3 Å². The number of sulfonamides is 2. The largest absolute Gasteiger partial charge is 0.478 e. The van der Waals surface area contributed by atoms with Gasteiger partial charge in [-0.25, -0.2) is 21.6 Å². The quantitative estimate of drug-likeness (QED) is 0.0931. The number of nitrogens with two attached hydrogens (primary N) is 1. The zero-order valence-corrected chi connectivity index (χ0v) is 28.7. The van der Waals surface area contributed by atoms with E-state index in [9.17, 15) is 26.4 Å². The molecular weight excluding hydrogens is 692 g/mol. The van der Waals surface area contributed by atoms with Gasteiger partial charge in [-0.15, -0.1) is 12.4 Å².